The Bertz CT molecular complexity index is 649. The largest absolute Gasteiger partial charge is 0.489 e. The van der Waals surface area contributed by atoms with E-state index in [-0.39, 0.29) is 30.3 Å². The lowest BCUT2D eigenvalue weighted by Crippen LogP contribution is -2.36. The molecule has 0 fully saturated rings. The molecule has 0 radical (unpaired) electrons. The van der Waals surface area contributed by atoms with Crippen molar-refractivity contribution in [3.63, 3.8) is 0 Å². The van der Waals surface area contributed by atoms with Gasteiger partial charge < -0.3 is 15.8 Å². The molecule has 0 aliphatic heterocycles. The van der Waals surface area contributed by atoms with Crippen LogP contribution in [0, 0.1) is 5.82 Å². The number of rotatable bonds is 8. The molecule has 0 heterocycles. The molecule has 3 N–H and O–H groups in total. The summed E-state index contributed by atoms with van der Waals surface area (Å²) in [4.78, 5) is 12.0. The molecule has 0 saturated heterocycles. The molecule has 0 saturated carbocycles. The maximum atomic E-state index is 13.2. The molecule has 5 heteroatoms. The maximum absolute atomic E-state index is 13.2. The summed E-state index contributed by atoms with van der Waals surface area (Å²) in [5.41, 5.74) is 6.97. The standard InChI is InChI=1S/C19H23FN2O2/c1-2-16(24-17-10-6-9-15(20)11-17)13-22-19(23)12-18(21)14-7-4-3-5-8-14/h3-11,16,18H,2,12-13,21H2,1H3,(H,22,23). The van der Waals surface area contributed by atoms with Crippen LogP contribution in [0.2, 0.25) is 0 Å². The van der Waals surface area contributed by atoms with Crippen LogP contribution in [0.4, 0.5) is 4.39 Å². The fourth-order valence-electron chi connectivity index (χ4n) is 2.32. The highest BCUT2D eigenvalue weighted by Gasteiger charge is 2.14. The Hall–Kier alpha value is -2.40. The van der Waals surface area contributed by atoms with Crippen LogP contribution in [0.25, 0.3) is 0 Å². The van der Waals surface area contributed by atoms with Crippen molar-refractivity contribution in [2.75, 3.05) is 6.54 Å². The van der Waals surface area contributed by atoms with Gasteiger partial charge in [-0.25, -0.2) is 4.39 Å². The number of hydrogen-bond donors (Lipinski definition) is 2. The van der Waals surface area contributed by atoms with Crippen molar-refractivity contribution in [2.24, 2.45) is 5.73 Å². The zero-order valence-corrected chi connectivity index (χ0v) is 13.7. The second kappa shape index (κ2) is 9.03. The van der Waals surface area contributed by atoms with Crippen LogP contribution in [0.3, 0.4) is 0 Å². The van der Waals surface area contributed by atoms with Crippen LogP contribution in [0.15, 0.2) is 54.6 Å². The van der Waals surface area contributed by atoms with Crippen molar-refractivity contribution in [1.82, 2.24) is 5.32 Å². The van der Waals surface area contributed by atoms with E-state index in [0.717, 1.165) is 5.56 Å². The fraction of sp³-hybridized carbons (Fsp3) is 0.316. The molecule has 0 aromatic heterocycles. The number of nitrogens with two attached hydrogens (primary N) is 1. The number of carbonyl (C=O) groups excluding carboxylic acids is 1. The van der Waals surface area contributed by atoms with E-state index in [1.807, 2.05) is 37.3 Å². The van der Waals surface area contributed by atoms with Crippen molar-refractivity contribution in [3.05, 3.63) is 66.0 Å². The summed E-state index contributed by atoms with van der Waals surface area (Å²) in [5, 5.41) is 2.83. The van der Waals surface area contributed by atoms with Gasteiger partial charge in [0.2, 0.25) is 5.91 Å². The van der Waals surface area contributed by atoms with Gasteiger partial charge in [0.25, 0.3) is 0 Å². The Kier molecular flexibility index (Phi) is 6.75. The van der Waals surface area contributed by atoms with Gasteiger partial charge in [0, 0.05) is 18.5 Å². The highest BCUT2D eigenvalue weighted by Crippen LogP contribution is 2.15. The van der Waals surface area contributed by atoms with Crippen molar-refractivity contribution in [3.8, 4) is 5.75 Å². The molecule has 2 aromatic rings. The van der Waals surface area contributed by atoms with Crippen molar-refractivity contribution in [2.45, 2.75) is 31.9 Å². The number of amides is 1. The lowest BCUT2D eigenvalue weighted by Gasteiger charge is -2.19. The van der Waals surface area contributed by atoms with E-state index in [9.17, 15) is 9.18 Å². The average Bonchev–Trinajstić information content (AvgIpc) is 2.59. The highest BCUT2D eigenvalue weighted by atomic mass is 19.1. The number of halogens is 1. The minimum Gasteiger partial charge on any atom is -0.489 e. The number of carbonyl (C=O) groups is 1. The molecule has 4 nitrogen and oxygen atoms in total. The van der Waals surface area contributed by atoms with E-state index in [4.69, 9.17) is 10.5 Å². The monoisotopic (exact) mass is 330 g/mol. The molecule has 0 bridgehead atoms. The Labute approximate surface area is 141 Å². The molecule has 0 aliphatic rings. The molecule has 0 aliphatic carbocycles. The molecule has 2 aromatic carbocycles. The minimum atomic E-state index is -0.347. The predicted octanol–water partition coefficient (Wildman–Crippen LogP) is 3.19. The second-order valence-electron chi connectivity index (χ2n) is 5.63. The summed E-state index contributed by atoms with van der Waals surface area (Å²) in [6.45, 7) is 2.30. The summed E-state index contributed by atoms with van der Waals surface area (Å²) in [5.74, 6) is -0.0232. The van der Waals surface area contributed by atoms with Crippen LogP contribution in [0.1, 0.15) is 31.4 Å². The SMILES string of the molecule is CCC(CNC(=O)CC(N)c1ccccc1)Oc1cccc(F)c1. The summed E-state index contributed by atoms with van der Waals surface area (Å²) in [6.07, 6.45) is 0.686. The van der Waals surface area contributed by atoms with Crippen molar-refractivity contribution >= 4 is 5.91 Å². The topological polar surface area (TPSA) is 64.4 Å². The first-order valence-corrected chi connectivity index (χ1v) is 8.08. The predicted molar refractivity (Wildman–Crippen MR) is 92.1 cm³/mol. The Morgan fingerprint density at radius 3 is 2.62 bits per heavy atom. The third-order valence-electron chi connectivity index (χ3n) is 3.71. The van der Waals surface area contributed by atoms with Crippen molar-refractivity contribution < 1.29 is 13.9 Å². The number of hydrogen-bond acceptors (Lipinski definition) is 3. The average molecular weight is 330 g/mol. The molecule has 2 unspecified atom stereocenters. The number of nitrogens with one attached hydrogen (secondary N) is 1. The summed E-state index contributed by atoms with van der Waals surface area (Å²) in [7, 11) is 0. The fourth-order valence-corrected chi connectivity index (χ4v) is 2.32. The highest BCUT2D eigenvalue weighted by molar-refractivity contribution is 5.76. The van der Waals surface area contributed by atoms with Gasteiger partial charge in [-0.3, -0.25) is 4.79 Å². The third-order valence-corrected chi connectivity index (χ3v) is 3.71. The first-order chi connectivity index (χ1) is 11.6. The van der Waals surface area contributed by atoms with Gasteiger partial charge in [-0.2, -0.15) is 0 Å². The van der Waals surface area contributed by atoms with E-state index in [0.29, 0.717) is 18.7 Å². The van der Waals surface area contributed by atoms with Crippen LogP contribution in [-0.4, -0.2) is 18.6 Å². The molecular formula is C19H23FN2O2. The van der Waals surface area contributed by atoms with Crippen LogP contribution in [-0.2, 0) is 4.79 Å². The third kappa shape index (κ3) is 5.66. The zero-order valence-electron chi connectivity index (χ0n) is 13.7. The Morgan fingerprint density at radius 1 is 1.21 bits per heavy atom. The Morgan fingerprint density at radius 2 is 1.96 bits per heavy atom. The van der Waals surface area contributed by atoms with Crippen molar-refractivity contribution in [1.29, 1.82) is 0 Å². The minimum absolute atomic E-state index is 0.132. The molecule has 1 amide bonds. The molecular weight excluding hydrogens is 307 g/mol. The summed E-state index contributed by atoms with van der Waals surface area (Å²) >= 11 is 0. The first kappa shape index (κ1) is 17.9. The molecule has 2 rings (SSSR count). The number of ether oxygens (including phenoxy) is 1. The normalized spacial score (nSPS) is 13.1. The zero-order chi connectivity index (χ0) is 17.4. The van der Waals surface area contributed by atoms with E-state index in [1.165, 1.54) is 12.1 Å². The van der Waals surface area contributed by atoms with E-state index in [1.54, 1.807) is 12.1 Å². The second-order valence-corrected chi connectivity index (χ2v) is 5.63. The quantitative estimate of drug-likeness (QED) is 0.781. The Balaban J connectivity index is 1.81. The summed E-state index contributed by atoms with van der Waals surface area (Å²) in [6, 6.07) is 15.1. The van der Waals surface area contributed by atoms with Gasteiger partial charge in [-0.05, 0) is 24.1 Å². The smallest absolute Gasteiger partial charge is 0.222 e. The van der Waals surface area contributed by atoms with E-state index < -0.39 is 0 Å². The molecule has 2 atom stereocenters. The summed E-state index contributed by atoms with van der Waals surface area (Å²) < 4.78 is 18.9. The van der Waals surface area contributed by atoms with Gasteiger partial charge in [-0.15, -0.1) is 0 Å². The molecule has 128 valence electrons. The van der Waals surface area contributed by atoms with Gasteiger partial charge in [0.1, 0.15) is 17.7 Å². The lowest BCUT2D eigenvalue weighted by atomic mass is 10.0. The number of benzene rings is 2. The van der Waals surface area contributed by atoms with Gasteiger partial charge in [0.05, 0.1) is 6.54 Å². The van der Waals surface area contributed by atoms with Crippen LogP contribution >= 0.6 is 0 Å². The van der Waals surface area contributed by atoms with Gasteiger partial charge >= 0.3 is 0 Å². The van der Waals surface area contributed by atoms with Gasteiger partial charge in [-0.1, -0.05) is 43.3 Å². The van der Waals surface area contributed by atoms with Crippen LogP contribution in [0.5, 0.6) is 5.75 Å². The maximum Gasteiger partial charge on any atom is 0.222 e. The molecule has 24 heavy (non-hydrogen) atoms. The molecule has 0 spiro atoms. The van der Waals surface area contributed by atoms with E-state index in [2.05, 4.69) is 5.32 Å². The lowest BCUT2D eigenvalue weighted by molar-refractivity contribution is -0.121. The van der Waals surface area contributed by atoms with Crippen LogP contribution < -0.4 is 15.8 Å². The van der Waals surface area contributed by atoms with E-state index >= 15 is 0 Å². The first-order valence-electron chi connectivity index (χ1n) is 8.08. The van der Waals surface area contributed by atoms with Gasteiger partial charge in [0.15, 0.2) is 0 Å².